The predicted octanol–water partition coefficient (Wildman–Crippen LogP) is 5.92. The van der Waals surface area contributed by atoms with Crippen LogP contribution in [-0.4, -0.2) is 50.5 Å². The Bertz CT molecular complexity index is 1160. The lowest BCUT2D eigenvalue weighted by Gasteiger charge is -2.31. The molecule has 0 heterocycles. The van der Waals surface area contributed by atoms with Crippen LogP contribution in [0.15, 0.2) is 42.5 Å². The van der Waals surface area contributed by atoms with E-state index < -0.39 is 16.1 Å². The van der Waals surface area contributed by atoms with Crippen molar-refractivity contribution < 1.29 is 18.0 Å². The van der Waals surface area contributed by atoms with E-state index in [1.54, 1.807) is 42.5 Å². The maximum atomic E-state index is 13.4. The number of amides is 2. The van der Waals surface area contributed by atoms with E-state index in [1.807, 2.05) is 13.8 Å². The molecule has 0 saturated carbocycles. The molecule has 2 aromatic carbocycles. The minimum absolute atomic E-state index is 0.0552. The van der Waals surface area contributed by atoms with Gasteiger partial charge in [-0.2, -0.15) is 0 Å². The van der Waals surface area contributed by atoms with Gasteiger partial charge in [-0.05, 0) is 61.2 Å². The molecule has 1 unspecified atom stereocenters. The fraction of sp³-hybridized carbons (Fsp3) is 0.462. The van der Waals surface area contributed by atoms with Gasteiger partial charge in [-0.15, -0.1) is 0 Å². The molecule has 0 spiro atoms. The minimum Gasteiger partial charge on any atom is -0.354 e. The van der Waals surface area contributed by atoms with Crippen LogP contribution in [0.4, 0.5) is 5.69 Å². The molecule has 1 N–H and O–H groups in total. The third-order valence-corrected chi connectivity index (χ3v) is 8.00. The van der Waals surface area contributed by atoms with E-state index >= 15 is 0 Å². The van der Waals surface area contributed by atoms with Gasteiger partial charge in [0.15, 0.2) is 0 Å². The van der Waals surface area contributed by atoms with Gasteiger partial charge in [0.25, 0.3) is 0 Å². The van der Waals surface area contributed by atoms with Gasteiger partial charge < -0.3 is 10.2 Å². The van der Waals surface area contributed by atoms with Crippen molar-refractivity contribution in [1.82, 2.24) is 10.2 Å². The Labute approximate surface area is 235 Å². The lowest BCUT2D eigenvalue weighted by molar-refractivity contribution is -0.141. The van der Waals surface area contributed by atoms with Gasteiger partial charge in [-0.3, -0.25) is 13.9 Å². The van der Waals surface area contributed by atoms with Gasteiger partial charge in [0.05, 0.1) is 22.0 Å². The van der Waals surface area contributed by atoms with Crippen molar-refractivity contribution in [3.05, 3.63) is 63.1 Å². The predicted molar refractivity (Wildman–Crippen MR) is 152 cm³/mol. The number of carbonyl (C=O) groups excluding carboxylic acids is 2. The summed E-state index contributed by atoms with van der Waals surface area (Å²) in [5, 5.41) is 4.17. The highest BCUT2D eigenvalue weighted by Crippen LogP contribution is 2.25. The molecule has 2 rings (SSSR count). The first-order valence-electron chi connectivity index (χ1n) is 12.2. The molecule has 0 aliphatic carbocycles. The van der Waals surface area contributed by atoms with Gasteiger partial charge in [-0.25, -0.2) is 8.42 Å². The number of carbonyl (C=O) groups is 2. The molecule has 37 heavy (non-hydrogen) atoms. The quantitative estimate of drug-likeness (QED) is 0.277. The molecule has 0 fully saturated rings. The number of hydrogen-bond donors (Lipinski definition) is 1. The van der Waals surface area contributed by atoms with Gasteiger partial charge >= 0.3 is 0 Å². The smallest absolute Gasteiger partial charge is 0.242 e. The van der Waals surface area contributed by atoms with E-state index in [4.69, 9.17) is 34.8 Å². The monoisotopic (exact) mass is 589 g/mol. The number of sulfonamides is 1. The van der Waals surface area contributed by atoms with E-state index in [9.17, 15) is 18.0 Å². The summed E-state index contributed by atoms with van der Waals surface area (Å²) in [7, 11) is -3.58. The standard InChI is InChI=1S/C26H34Cl3N3O4S/c1-4-6-15-30-26(34)24(5-2)31(18-19-9-14-22(28)23(29)17-19)25(33)8-7-16-32(37(3,35)36)21-12-10-20(27)11-13-21/h9-14,17,24H,4-8,15-16,18H2,1-3H3,(H,30,34). The van der Waals surface area contributed by atoms with E-state index in [1.165, 1.54) is 9.21 Å². The zero-order valence-corrected chi connectivity index (χ0v) is 24.4. The summed E-state index contributed by atoms with van der Waals surface area (Å²) >= 11 is 18.2. The molecule has 1 atom stereocenters. The summed E-state index contributed by atoms with van der Waals surface area (Å²) in [6.45, 7) is 4.69. The van der Waals surface area contributed by atoms with Crippen LogP contribution in [0.5, 0.6) is 0 Å². The van der Waals surface area contributed by atoms with Crippen LogP contribution < -0.4 is 9.62 Å². The van der Waals surface area contributed by atoms with Gasteiger partial charge in [-0.1, -0.05) is 61.1 Å². The van der Waals surface area contributed by atoms with Crippen LogP contribution >= 0.6 is 34.8 Å². The van der Waals surface area contributed by atoms with Crippen molar-refractivity contribution in [2.45, 2.75) is 58.5 Å². The first-order chi connectivity index (χ1) is 17.5. The van der Waals surface area contributed by atoms with Crippen LogP contribution in [0.1, 0.15) is 51.5 Å². The second kappa shape index (κ2) is 14.8. The number of hydrogen-bond acceptors (Lipinski definition) is 4. The molecular weight excluding hydrogens is 557 g/mol. The third kappa shape index (κ3) is 9.67. The van der Waals surface area contributed by atoms with Crippen LogP contribution in [0, 0.1) is 0 Å². The topological polar surface area (TPSA) is 86.8 Å². The average molecular weight is 591 g/mol. The normalized spacial score (nSPS) is 12.2. The van der Waals surface area contributed by atoms with Crippen LogP contribution in [0.3, 0.4) is 0 Å². The van der Waals surface area contributed by atoms with E-state index in [0.29, 0.717) is 33.7 Å². The molecule has 2 amide bonds. The van der Waals surface area contributed by atoms with Crippen molar-refractivity contribution in [3.63, 3.8) is 0 Å². The lowest BCUT2D eigenvalue weighted by atomic mass is 10.1. The lowest BCUT2D eigenvalue weighted by Crippen LogP contribution is -2.49. The Morgan fingerprint density at radius 1 is 0.973 bits per heavy atom. The SMILES string of the molecule is CCCCNC(=O)C(CC)N(Cc1ccc(Cl)c(Cl)c1)C(=O)CCCN(c1ccc(Cl)cc1)S(C)(=O)=O. The van der Waals surface area contributed by atoms with Crippen molar-refractivity contribution in [2.75, 3.05) is 23.7 Å². The molecule has 0 radical (unpaired) electrons. The summed E-state index contributed by atoms with van der Waals surface area (Å²) in [6.07, 6.45) is 3.64. The van der Waals surface area contributed by atoms with E-state index in [0.717, 1.165) is 24.7 Å². The highest BCUT2D eigenvalue weighted by molar-refractivity contribution is 7.92. The molecule has 7 nitrogen and oxygen atoms in total. The molecule has 0 aromatic heterocycles. The Morgan fingerprint density at radius 2 is 1.65 bits per heavy atom. The number of rotatable bonds is 14. The fourth-order valence-electron chi connectivity index (χ4n) is 3.87. The van der Waals surface area contributed by atoms with E-state index in [-0.39, 0.29) is 37.7 Å². The number of nitrogens with one attached hydrogen (secondary N) is 1. The maximum Gasteiger partial charge on any atom is 0.242 e. The summed E-state index contributed by atoms with van der Waals surface area (Å²) in [5.74, 6) is -0.476. The molecule has 0 aliphatic heterocycles. The maximum absolute atomic E-state index is 13.4. The number of anilines is 1. The van der Waals surface area contributed by atoms with Crippen LogP contribution in [0.25, 0.3) is 0 Å². The number of benzene rings is 2. The first-order valence-corrected chi connectivity index (χ1v) is 15.2. The first kappa shape index (κ1) is 31.2. The fourth-order valence-corrected chi connectivity index (χ4v) is 5.28. The zero-order valence-electron chi connectivity index (χ0n) is 21.3. The molecule has 2 aromatic rings. The highest BCUT2D eigenvalue weighted by Gasteiger charge is 2.29. The Morgan fingerprint density at radius 3 is 2.22 bits per heavy atom. The van der Waals surface area contributed by atoms with Crippen molar-refractivity contribution in [1.29, 1.82) is 0 Å². The molecule has 11 heteroatoms. The summed E-state index contributed by atoms with van der Waals surface area (Å²) in [5.41, 5.74) is 1.20. The Hall–Kier alpha value is -2.00. The summed E-state index contributed by atoms with van der Waals surface area (Å²) in [4.78, 5) is 28.0. The van der Waals surface area contributed by atoms with Gasteiger partial charge in [0.1, 0.15) is 6.04 Å². The number of nitrogens with zero attached hydrogens (tertiary/aromatic N) is 2. The van der Waals surface area contributed by atoms with Gasteiger partial charge in [0, 0.05) is 31.1 Å². The Balaban J connectivity index is 2.21. The van der Waals surface area contributed by atoms with Crippen LogP contribution in [-0.2, 0) is 26.2 Å². The highest BCUT2D eigenvalue weighted by atomic mass is 35.5. The molecule has 0 bridgehead atoms. The van der Waals surface area contributed by atoms with Crippen molar-refractivity contribution >= 4 is 62.3 Å². The van der Waals surface area contributed by atoms with Crippen molar-refractivity contribution in [3.8, 4) is 0 Å². The van der Waals surface area contributed by atoms with Crippen LogP contribution in [0.2, 0.25) is 15.1 Å². The molecule has 204 valence electrons. The Kier molecular flexibility index (Phi) is 12.5. The summed E-state index contributed by atoms with van der Waals surface area (Å²) in [6, 6.07) is 10.9. The summed E-state index contributed by atoms with van der Waals surface area (Å²) < 4.78 is 26.1. The van der Waals surface area contributed by atoms with Gasteiger partial charge in [0.2, 0.25) is 21.8 Å². The molecular formula is C26H34Cl3N3O4S. The largest absolute Gasteiger partial charge is 0.354 e. The second-order valence-electron chi connectivity index (χ2n) is 8.75. The minimum atomic E-state index is -3.58. The third-order valence-electron chi connectivity index (χ3n) is 5.82. The number of unbranched alkanes of at least 4 members (excludes halogenated alkanes) is 1. The second-order valence-corrected chi connectivity index (χ2v) is 11.9. The average Bonchev–Trinajstić information content (AvgIpc) is 2.84. The molecule has 0 saturated heterocycles. The number of halogens is 3. The zero-order chi connectivity index (χ0) is 27.6. The molecule has 0 aliphatic rings. The van der Waals surface area contributed by atoms with E-state index in [2.05, 4.69) is 5.32 Å². The van der Waals surface area contributed by atoms with Crippen molar-refractivity contribution in [2.24, 2.45) is 0 Å².